The van der Waals surface area contributed by atoms with Crippen LogP contribution in [0.25, 0.3) is 12.2 Å². The van der Waals surface area contributed by atoms with Gasteiger partial charge in [0.1, 0.15) is 4.66 Å². The van der Waals surface area contributed by atoms with Crippen LogP contribution in [0, 0.1) is 6.92 Å². The van der Waals surface area contributed by atoms with E-state index in [0.717, 1.165) is 10.4 Å². The molecule has 0 saturated heterocycles. The Balaban J connectivity index is 2.11. The highest BCUT2D eigenvalue weighted by Crippen LogP contribution is 2.15. The molecule has 0 radical (unpaired) electrons. The van der Waals surface area contributed by atoms with E-state index in [9.17, 15) is 9.59 Å². The average Bonchev–Trinajstić information content (AvgIpc) is 3.20. The molecule has 0 unspecified atom stereocenters. The Kier molecular flexibility index (Phi) is 4.24. The van der Waals surface area contributed by atoms with E-state index in [4.69, 9.17) is 0 Å². The van der Waals surface area contributed by atoms with Crippen LogP contribution in [0.15, 0.2) is 33.8 Å². The van der Waals surface area contributed by atoms with Crippen molar-refractivity contribution in [3.8, 4) is 0 Å². The van der Waals surface area contributed by atoms with Gasteiger partial charge in [-0.2, -0.15) is 0 Å². The number of hydrogen-bond acceptors (Lipinski definition) is 5. The number of hydrogen-bond donors (Lipinski definition) is 0. The molecule has 3 rings (SSSR count). The summed E-state index contributed by atoms with van der Waals surface area (Å²) in [5, 5.41) is 3.87. The third kappa shape index (κ3) is 2.90. The lowest BCUT2D eigenvalue weighted by molar-refractivity contribution is 0.106. The summed E-state index contributed by atoms with van der Waals surface area (Å²) < 4.78 is 2.85. The highest BCUT2D eigenvalue weighted by Gasteiger charge is 2.06. The Hall–Kier alpha value is -1.76. The minimum absolute atomic E-state index is 0.0642. The van der Waals surface area contributed by atoms with Gasteiger partial charge in [-0.25, -0.2) is 0 Å². The minimum Gasteiger partial charge on any atom is -0.302 e. The predicted molar refractivity (Wildman–Crippen MR) is 94.5 cm³/mol. The van der Waals surface area contributed by atoms with Gasteiger partial charge in [0.25, 0.3) is 5.56 Å². The normalized spacial score (nSPS) is 13.0. The van der Waals surface area contributed by atoms with Crippen LogP contribution in [0.5, 0.6) is 0 Å². The molecule has 6 heteroatoms. The Labute approximate surface area is 139 Å². The van der Waals surface area contributed by atoms with E-state index in [1.807, 2.05) is 35.9 Å². The van der Waals surface area contributed by atoms with Crippen LogP contribution in [0.2, 0.25) is 0 Å². The zero-order chi connectivity index (χ0) is 15.7. The van der Waals surface area contributed by atoms with E-state index in [0.29, 0.717) is 14.1 Å². The largest absolute Gasteiger partial charge is 0.302 e. The Bertz CT molecular complexity index is 987. The van der Waals surface area contributed by atoms with Gasteiger partial charge in [0.15, 0.2) is 5.78 Å². The lowest BCUT2D eigenvalue weighted by atomic mass is 10.3. The molecular formula is C16H13NO2S3. The van der Waals surface area contributed by atoms with Gasteiger partial charge in [0.2, 0.25) is 0 Å². The average molecular weight is 347 g/mol. The quantitative estimate of drug-likeness (QED) is 0.683. The summed E-state index contributed by atoms with van der Waals surface area (Å²) in [4.78, 5) is 26.2. The first kappa shape index (κ1) is 15.1. The first-order valence-electron chi connectivity index (χ1n) is 6.57. The number of aromatic nitrogens is 1. The topological polar surface area (TPSA) is 39.1 Å². The van der Waals surface area contributed by atoms with Crippen molar-refractivity contribution in [1.82, 2.24) is 4.57 Å². The third-order valence-corrected chi connectivity index (χ3v) is 6.21. The first-order valence-corrected chi connectivity index (χ1v) is 9.15. The number of ketones is 1. The Morgan fingerprint density at radius 2 is 2.05 bits per heavy atom. The van der Waals surface area contributed by atoms with Crippen molar-refractivity contribution in [3.63, 3.8) is 0 Å². The summed E-state index contributed by atoms with van der Waals surface area (Å²) in [5.41, 5.74) is 1.09. The van der Waals surface area contributed by atoms with Crippen molar-refractivity contribution >= 4 is 51.9 Å². The van der Waals surface area contributed by atoms with Gasteiger partial charge in [-0.1, -0.05) is 6.07 Å². The monoisotopic (exact) mass is 347 g/mol. The van der Waals surface area contributed by atoms with Crippen molar-refractivity contribution in [2.45, 2.75) is 6.92 Å². The molecule has 0 aliphatic carbocycles. The number of nitrogens with zero attached hydrogens (tertiary/aromatic N) is 1. The number of carbonyl (C=O) groups excluding carboxylic acids is 1. The number of Topliss-reactive ketones (excluding diaryl/α,β-unsaturated/α-hetero) is 1. The maximum Gasteiger partial charge on any atom is 0.268 e. The molecule has 0 aliphatic rings. The second-order valence-electron chi connectivity index (χ2n) is 4.77. The molecule has 0 N–H and O–H groups in total. The van der Waals surface area contributed by atoms with E-state index in [1.54, 1.807) is 24.5 Å². The van der Waals surface area contributed by atoms with Gasteiger partial charge in [0, 0.05) is 18.0 Å². The smallest absolute Gasteiger partial charge is 0.268 e. The van der Waals surface area contributed by atoms with E-state index in [1.165, 1.54) is 33.3 Å². The summed E-state index contributed by atoms with van der Waals surface area (Å²) in [7, 11) is 1.70. The van der Waals surface area contributed by atoms with Gasteiger partial charge in [-0.15, -0.1) is 34.0 Å². The van der Waals surface area contributed by atoms with E-state index in [-0.39, 0.29) is 11.3 Å². The van der Waals surface area contributed by atoms with E-state index < -0.39 is 0 Å². The first-order chi connectivity index (χ1) is 10.6. The predicted octanol–water partition coefficient (Wildman–Crippen LogP) is 2.37. The van der Waals surface area contributed by atoms with Crippen LogP contribution in [-0.2, 0) is 7.05 Å². The van der Waals surface area contributed by atoms with Crippen LogP contribution >= 0.6 is 34.0 Å². The van der Waals surface area contributed by atoms with Gasteiger partial charge < -0.3 is 4.57 Å². The van der Waals surface area contributed by atoms with Gasteiger partial charge in [0.05, 0.1) is 9.41 Å². The molecule has 0 amide bonds. The molecular weight excluding hydrogens is 334 g/mol. The summed E-state index contributed by atoms with van der Waals surface area (Å²) in [5.74, 6) is -0.0642. The summed E-state index contributed by atoms with van der Waals surface area (Å²) in [6.07, 6.45) is 3.44. The lowest BCUT2D eigenvalue weighted by Gasteiger charge is -1.89. The third-order valence-electron chi connectivity index (χ3n) is 3.24. The van der Waals surface area contributed by atoms with Crippen molar-refractivity contribution in [3.05, 3.63) is 63.8 Å². The Morgan fingerprint density at radius 3 is 2.68 bits per heavy atom. The second-order valence-corrected chi connectivity index (χ2v) is 7.72. The van der Waals surface area contributed by atoms with Gasteiger partial charge in [-0.05, 0) is 41.5 Å². The number of thiazole rings is 1. The zero-order valence-corrected chi connectivity index (χ0v) is 14.5. The van der Waals surface area contributed by atoms with Crippen LogP contribution in [-0.4, -0.2) is 10.4 Å². The number of thiophene rings is 2. The fourth-order valence-corrected chi connectivity index (χ4v) is 4.54. The van der Waals surface area contributed by atoms with Crippen LogP contribution in [0.4, 0.5) is 0 Å². The maximum absolute atomic E-state index is 12.3. The van der Waals surface area contributed by atoms with E-state index in [2.05, 4.69) is 0 Å². The molecule has 0 saturated carbocycles. The van der Waals surface area contributed by atoms with Crippen LogP contribution in [0.1, 0.15) is 20.1 Å². The minimum atomic E-state index is -0.0666. The summed E-state index contributed by atoms with van der Waals surface area (Å²) in [6.45, 7) is 2.02. The molecule has 0 fully saturated rings. The zero-order valence-electron chi connectivity index (χ0n) is 12.0. The fraction of sp³-hybridized carbons (Fsp3) is 0.125. The van der Waals surface area contributed by atoms with Gasteiger partial charge >= 0.3 is 0 Å². The molecule has 0 spiro atoms. The fourth-order valence-electron chi connectivity index (χ4n) is 1.96. The van der Waals surface area contributed by atoms with Crippen molar-refractivity contribution in [1.29, 1.82) is 0 Å². The molecule has 3 nitrogen and oxygen atoms in total. The molecule has 0 bridgehead atoms. The molecule has 112 valence electrons. The van der Waals surface area contributed by atoms with Crippen molar-refractivity contribution < 1.29 is 4.79 Å². The number of carbonyl (C=O) groups is 1. The van der Waals surface area contributed by atoms with Crippen molar-refractivity contribution in [2.24, 2.45) is 7.05 Å². The summed E-state index contributed by atoms with van der Waals surface area (Å²) >= 11 is 4.36. The number of rotatable bonds is 3. The Morgan fingerprint density at radius 1 is 1.23 bits per heavy atom. The number of aryl methyl sites for hydroxylation is 1. The summed E-state index contributed by atoms with van der Waals surface area (Å²) in [6, 6.07) is 5.66. The highest BCUT2D eigenvalue weighted by atomic mass is 32.1. The molecule has 3 aromatic rings. The molecule has 3 aromatic heterocycles. The molecule has 0 aromatic carbocycles. The van der Waals surface area contributed by atoms with Crippen molar-refractivity contribution in [2.75, 3.05) is 0 Å². The molecule has 0 atom stereocenters. The highest BCUT2D eigenvalue weighted by molar-refractivity contribution is 7.12. The lowest BCUT2D eigenvalue weighted by Crippen LogP contribution is -2.29. The maximum atomic E-state index is 12.3. The van der Waals surface area contributed by atoms with E-state index >= 15 is 0 Å². The molecule has 0 aliphatic heterocycles. The molecule has 3 heterocycles. The SMILES string of the molecule is Cc1ccsc1/C=c1\s/c(=C\C(=O)c2cccs2)n(C)c1=O. The van der Waals surface area contributed by atoms with Crippen LogP contribution in [0.3, 0.4) is 0 Å². The van der Waals surface area contributed by atoms with Gasteiger partial charge in [-0.3, -0.25) is 9.59 Å². The second kappa shape index (κ2) is 6.16. The van der Waals surface area contributed by atoms with Crippen LogP contribution < -0.4 is 14.8 Å². The molecule has 22 heavy (non-hydrogen) atoms. The standard InChI is InChI=1S/C16H13NO2S3/c1-10-5-7-21-13(10)9-14-16(19)17(2)15(22-14)8-11(18)12-4-3-6-20-12/h3-9H,1-2H3/b14-9-,15-8-.